The van der Waals surface area contributed by atoms with E-state index < -0.39 is 16.1 Å². The van der Waals surface area contributed by atoms with E-state index in [0.29, 0.717) is 12.5 Å². The number of carbonyl (C=O) groups excluding carboxylic acids is 1. The number of nitrogens with zero attached hydrogens (tertiary/aromatic N) is 2. The van der Waals surface area contributed by atoms with Crippen molar-refractivity contribution in [3.63, 3.8) is 0 Å². The van der Waals surface area contributed by atoms with Gasteiger partial charge in [0.1, 0.15) is 4.90 Å². The number of sulfonamides is 1. The number of rotatable bonds is 7. The number of hydrogen-bond acceptors (Lipinski definition) is 6. The Morgan fingerprint density at radius 3 is 2.47 bits per heavy atom. The van der Waals surface area contributed by atoms with Crippen LogP contribution in [0.1, 0.15) is 6.92 Å². The lowest BCUT2D eigenvalue weighted by Gasteiger charge is -2.07. The lowest BCUT2D eigenvalue weighted by atomic mass is 10.6. The third kappa shape index (κ3) is 5.06. The quantitative estimate of drug-likeness (QED) is 0.467. The molecule has 0 saturated heterocycles. The maximum absolute atomic E-state index is 11.8. The number of nitrogens with two attached hydrogens (primary N) is 1. The van der Waals surface area contributed by atoms with Gasteiger partial charge in [0.15, 0.2) is 0 Å². The van der Waals surface area contributed by atoms with Crippen LogP contribution in [0.2, 0.25) is 0 Å². The maximum Gasteiger partial charge on any atom is 0.312 e. The average molecular weight is 288 g/mol. The molecule has 0 fully saturated rings. The summed E-state index contributed by atoms with van der Waals surface area (Å²) in [7, 11) is -3.68. The minimum Gasteiger partial charge on any atom is -0.355 e. The van der Waals surface area contributed by atoms with Crippen molar-refractivity contribution in [3.05, 3.63) is 12.4 Å². The van der Waals surface area contributed by atoms with Gasteiger partial charge in [-0.25, -0.2) is 27.9 Å². The third-order valence-electron chi connectivity index (χ3n) is 1.99. The van der Waals surface area contributed by atoms with Crippen LogP contribution < -0.4 is 21.1 Å². The van der Waals surface area contributed by atoms with Crippen molar-refractivity contribution in [1.82, 2.24) is 20.0 Å². The Balaban J connectivity index is 2.59. The number of nitrogens with one attached hydrogen (secondary N) is 3. The topological polar surface area (TPSA) is 139 Å². The summed E-state index contributed by atoms with van der Waals surface area (Å²) < 4.78 is 25.9. The van der Waals surface area contributed by atoms with Gasteiger partial charge in [0, 0.05) is 19.6 Å². The van der Waals surface area contributed by atoms with Crippen LogP contribution in [-0.4, -0.2) is 44.1 Å². The molecule has 1 heterocycles. The average Bonchev–Trinajstić information content (AvgIpc) is 2.36. The molecule has 5 N–H and O–H groups in total. The van der Waals surface area contributed by atoms with Crippen molar-refractivity contribution in [2.24, 2.45) is 5.73 Å². The van der Waals surface area contributed by atoms with E-state index in [2.05, 4.69) is 25.3 Å². The van der Waals surface area contributed by atoms with E-state index in [1.165, 1.54) is 12.4 Å². The molecule has 19 heavy (non-hydrogen) atoms. The highest BCUT2D eigenvalue weighted by atomic mass is 32.2. The van der Waals surface area contributed by atoms with Gasteiger partial charge >= 0.3 is 6.03 Å². The highest BCUT2D eigenvalue weighted by molar-refractivity contribution is 7.89. The first-order valence-electron chi connectivity index (χ1n) is 5.54. The Morgan fingerprint density at radius 1 is 1.32 bits per heavy atom. The smallest absolute Gasteiger partial charge is 0.312 e. The number of amides is 2. The van der Waals surface area contributed by atoms with Crippen molar-refractivity contribution in [2.45, 2.75) is 11.8 Å². The maximum atomic E-state index is 11.8. The SMILES string of the molecule is CCNc1ncc(S(=O)(=O)NCCNC(N)=O)cn1. The first kappa shape index (κ1) is 15.1. The fourth-order valence-electron chi connectivity index (χ4n) is 1.16. The van der Waals surface area contributed by atoms with Crippen LogP contribution in [-0.2, 0) is 10.0 Å². The molecule has 0 aliphatic carbocycles. The van der Waals surface area contributed by atoms with Crippen molar-refractivity contribution < 1.29 is 13.2 Å². The molecule has 0 aliphatic rings. The summed E-state index contributed by atoms with van der Waals surface area (Å²) in [4.78, 5) is 18.1. The number of anilines is 1. The van der Waals surface area contributed by atoms with Crippen LogP contribution in [0.15, 0.2) is 17.3 Å². The molecule has 0 atom stereocenters. The van der Waals surface area contributed by atoms with Gasteiger partial charge in [-0.3, -0.25) is 0 Å². The van der Waals surface area contributed by atoms with E-state index in [-0.39, 0.29) is 18.0 Å². The van der Waals surface area contributed by atoms with Gasteiger partial charge in [0.2, 0.25) is 16.0 Å². The predicted molar refractivity (Wildman–Crippen MR) is 69.0 cm³/mol. The number of aromatic nitrogens is 2. The molecule has 1 rings (SSSR count). The van der Waals surface area contributed by atoms with Gasteiger partial charge < -0.3 is 16.4 Å². The summed E-state index contributed by atoms with van der Waals surface area (Å²) in [6, 6.07) is -0.711. The summed E-state index contributed by atoms with van der Waals surface area (Å²) in [5, 5.41) is 5.12. The zero-order valence-corrected chi connectivity index (χ0v) is 11.2. The molecule has 9 nitrogen and oxygen atoms in total. The van der Waals surface area contributed by atoms with E-state index >= 15 is 0 Å². The first-order chi connectivity index (χ1) is 8.95. The zero-order valence-electron chi connectivity index (χ0n) is 10.4. The molecule has 0 aliphatic heterocycles. The molecule has 0 unspecified atom stereocenters. The Kier molecular flexibility index (Phi) is 5.45. The predicted octanol–water partition coefficient (Wildman–Crippen LogP) is -1.14. The summed E-state index contributed by atoms with van der Waals surface area (Å²) in [6.07, 6.45) is 2.41. The fraction of sp³-hybridized carbons (Fsp3) is 0.444. The van der Waals surface area contributed by atoms with E-state index in [1.807, 2.05) is 6.92 Å². The lowest BCUT2D eigenvalue weighted by molar-refractivity contribution is 0.249. The van der Waals surface area contributed by atoms with Crippen LogP contribution in [0, 0.1) is 0 Å². The highest BCUT2D eigenvalue weighted by Gasteiger charge is 2.14. The molecular formula is C9H16N6O3S. The molecule has 10 heteroatoms. The van der Waals surface area contributed by atoms with Crippen LogP contribution in [0.4, 0.5) is 10.7 Å². The fourth-order valence-corrected chi connectivity index (χ4v) is 2.08. The third-order valence-corrected chi connectivity index (χ3v) is 3.41. The minimum atomic E-state index is -3.68. The normalized spacial score (nSPS) is 11.0. The van der Waals surface area contributed by atoms with Crippen LogP contribution >= 0.6 is 0 Å². The van der Waals surface area contributed by atoms with Crippen molar-refractivity contribution in [2.75, 3.05) is 25.0 Å². The molecule has 106 valence electrons. The highest BCUT2D eigenvalue weighted by Crippen LogP contribution is 2.06. The summed E-state index contributed by atoms with van der Waals surface area (Å²) in [5.74, 6) is 0.358. The largest absolute Gasteiger partial charge is 0.355 e. The number of primary amides is 1. The van der Waals surface area contributed by atoms with Gasteiger partial charge in [-0.2, -0.15) is 0 Å². The monoisotopic (exact) mass is 288 g/mol. The molecule has 2 amide bonds. The van der Waals surface area contributed by atoms with E-state index in [9.17, 15) is 13.2 Å². The molecule has 0 aromatic carbocycles. The lowest BCUT2D eigenvalue weighted by Crippen LogP contribution is -2.37. The van der Waals surface area contributed by atoms with Gasteiger partial charge in [-0.05, 0) is 6.92 Å². The minimum absolute atomic E-state index is 0.0280. The number of hydrogen-bond donors (Lipinski definition) is 4. The van der Waals surface area contributed by atoms with Gasteiger partial charge in [-0.1, -0.05) is 0 Å². The van der Waals surface area contributed by atoms with Gasteiger partial charge in [0.25, 0.3) is 0 Å². The summed E-state index contributed by atoms with van der Waals surface area (Å²) >= 11 is 0. The number of carbonyl (C=O) groups is 1. The van der Waals surface area contributed by atoms with E-state index in [1.54, 1.807) is 0 Å². The van der Waals surface area contributed by atoms with Crippen molar-refractivity contribution in [3.8, 4) is 0 Å². The Morgan fingerprint density at radius 2 is 1.95 bits per heavy atom. The molecule has 0 bridgehead atoms. The first-order valence-corrected chi connectivity index (χ1v) is 7.03. The van der Waals surface area contributed by atoms with Crippen molar-refractivity contribution >= 4 is 22.0 Å². The second-order valence-corrected chi connectivity index (χ2v) is 5.23. The Labute approximate surface area is 111 Å². The second kappa shape index (κ2) is 6.85. The van der Waals surface area contributed by atoms with Crippen LogP contribution in [0.25, 0.3) is 0 Å². The zero-order chi connectivity index (χ0) is 14.3. The summed E-state index contributed by atoms with van der Waals surface area (Å²) in [6.45, 7) is 2.65. The van der Waals surface area contributed by atoms with Crippen molar-refractivity contribution in [1.29, 1.82) is 0 Å². The van der Waals surface area contributed by atoms with E-state index in [0.717, 1.165) is 0 Å². The van der Waals surface area contributed by atoms with E-state index in [4.69, 9.17) is 5.73 Å². The van der Waals surface area contributed by atoms with Crippen LogP contribution in [0.5, 0.6) is 0 Å². The number of urea groups is 1. The molecule has 0 radical (unpaired) electrons. The molecule has 1 aromatic rings. The van der Waals surface area contributed by atoms with Gasteiger partial charge in [0.05, 0.1) is 12.4 Å². The molecule has 0 spiro atoms. The summed E-state index contributed by atoms with van der Waals surface area (Å²) in [5.41, 5.74) is 4.84. The standard InChI is InChI=1S/C9H16N6O3S/c1-2-11-9-13-5-7(6-14-9)19(17,18)15-4-3-12-8(10)16/h5-6,15H,2-4H2,1H3,(H3,10,12,16)(H,11,13,14). The second-order valence-electron chi connectivity index (χ2n) is 3.46. The van der Waals surface area contributed by atoms with Gasteiger partial charge in [-0.15, -0.1) is 0 Å². The molecular weight excluding hydrogens is 272 g/mol. The Hall–Kier alpha value is -1.94. The molecule has 0 saturated carbocycles. The Bertz CT molecular complexity index is 515. The van der Waals surface area contributed by atoms with Crippen LogP contribution in [0.3, 0.4) is 0 Å². The molecule has 1 aromatic heterocycles.